The molecule has 2 heterocycles. The zero-order valence-corrected chi connectivity index (χ0v) is 15.9. The molecule has 0 aliphatic carbocycles. The van der Waals surface area contributed by atoms with Gasteiger partial charge in [0, 0.05) is 17.1 Å². The molecule has 4 rings (SSSR count). The van der Waals surface area contributed by atoms with Gasteiger partial charge in [-0.25, -0.2) is 4.39 Å². The fraction of sp³-hybridized carbons (Fsp3) is 0.409. The lowest BCUT2D eigenvalue weighted by atomic mass is 9.86. The Balaban J connectivity index is 1.33. The minimum atomic E-state index is -0.195. The fourth-order valence-corrected chi connectivity index (χ4v) is 4.69. The molecule has 3 nitrogen and oxygen atoms in total. The number of rotatable bonds is 5. The van der Waals surface area contributed by atoms with E-state index in [1.807, 2.05) is 12.1 Å². The minimum Gasteiger partial charge on any atom is -0.484 e. The first kappa shape index (κ1) is 18.3. The first-order chi connectivity index (χ1) is 13.1. The van der Waals surface area contributed by atoms with Crippen LogP contribution in [0.1, 0.15) is 31.2 Å². The van der Waals surface area contributed by atoms with Crippen LogP contribution in [-0.2, 0) is 11.2 Å². The molecule has 2 aliphatic rings. The summed E-state index contributed by atoms with van der Waals surface area (Å²) in [6, 6.07) is 14.5. The fourth-order valence-electron chi connectivity index (χ4n) is 4.57. The zero-order valence-electron chi connectivity index (χ0n) is 15.1. The van der Waals surface area contributed by atoms with Crippen molar-refractivity contribution in [3.05, 3.63) is 64.9 Å². The van der Waals surface area contributed by atoms with E-state index >= 15 is 0 Å². The van der Waals surface area contributed by atoms with Gasteiger partial charge in [0.2, 0.25) is 0 Å². The van der Waals surface area contributed by atoms with Gasteiger partial charge in [-0.15, -0.1) is 0 Å². The van der Waals surface area contributed by atoms with Crippen molar-refractivity contribution in [1.29, 1.82) is 0 Å². The van der Waals surface area contributed by atoms with Crippen LogP contribution in [0.3, 0.4) is 0 Å². The molecule has 2 fully saturated rings. The van der Waals surface area contributed by atoms with Crippen molar-refractivity contribution < 1.29 is 13.9 Å². The summed E-state index contributed by atoms with van der Waals surface area (Å²) in [7, 11) is 0. The highest BCUT2D eigenvalue weighted by molar-refractivity contribution is 6.30. The van der Waals surface area contributed by atoms with E-state index in [9.17, 15) is 9.18 Å². The molecule has 0 N–H and O–H groups in total. The maximum atomic E-state index is 13.1. The third kappa shape index (κ3) is 4.27. The molecule has 142 valence electrons. The van der Waals surface area contributed by atoms with Crippen LogP contribution in [0.5, 0.6) is 5.75 Å². The first-order valence-electron chi connectivity index (χ1n) is 9.52. The molecule has 2 saturated heterocycles. The molecule has 5 heteroatoms. The van der Waals surface area contributed by atoms with Gasteiger partial charge in [0.1, 0.15) is 11.6 Å². The molecular formula is C22H23ClFNO2. The van der Waals surface area contributed by atoms with Crippen molar-refractivity contribution in [1.82, 2.24) is 4.90 Å². The largest absolute Gasteiger partial charge is 0.484 e. The number of fused-ring (bicyclic) bond motifs is 2. The summed E-state index contributed by atoms with van der Waals surface area (Å²) in [5, 5.41) is 0.648. The molecule has 0 spiro atoms. The van der Waals surface area contributed by atoms with E-state index in [2.05, 4.69) is 4.90 Å². The van der Waals surface area contributed by atoms with Crippen molar-refractivity contribution in [3.8, 4) is 5.75 Å². The lowest BCUT2D eigenvalue weighted by molar-refractivity contribution is -0.138. The molecule has 2 unspecified atom stereocenters. The smallest absolute Gasteiger partial charge is 0.261 e. The van der Waals surface area contributed by atoms with Gasteiger partial charge in [-0.05, 0) is 80.0 Å². The van der Waals surface area contributed by atoms with Crippen LogP contribution in [0.25, 0.3) is 0 Å². The SMILES string of the molecule is O=C(COc1ccc(Cl)cc1)N1C2CCC1CC(Cc1ccc(F)cc1)C2. The second kappa shape index (κ2) is 7.89. The maximum Gasteiger partial charge on any atom is 0.261 e. The molecular weight excluding hydrogens is 365 g/mol. The quantitative estimate of drug-likeness (QED) is 0.732. The molecule has 27 heavy (non-hydrogen) atoms. The Bertz CT molecular complexity index is 779. The molecule has 2 atom stereocenters. The van der Waals surface area contributed by atoms with Crippen LogP contribution in [0.4, 0.5) is 4.39 Å². The summed E-state index contributed by atoms with van der Waals surface area (Å²) < 4.78 is 18.7. The number of carbonyl (C=O) groups is 1. The average Bonchev–Trinajstić information content (AvgIpc) is 2.94. The van der Waals surface area contributed by atoms with Crippen LogP contribution in [0.2, 0.25) is 5.02 Å². The predicted molar refractivity (Wildman–Crippen MR) is 103 cm³/mol. The number of amides is 1. The van der Waals surface area contributed by atoms with Crippen LogP contribution in [0.15, 0.2) is 48.5 Å². The molecule has 2 aliphatic heterocycles. The van der Waals surface area contributed by atoms with Gasteiger partial charge in [-0.2, -0.15) is 0 Å². The number of nitrogens with zero attached hydrogens (tertiary/aromatic N) is 1. The number of hydrogen-bond donors (Lipinski definition) is 0. The lowest BCUT2D eigenvalue weighted by Gasteiger charge is -2.39. The monoisotopic (exact) mass is 387 g/mol. The molecule has 2 aromatic carbocycles. The summed E-state index contributed by atoms with van der Waals surface area (Å²) in [5.74, 6) is 1.08. The molecule has 1 amide bonds. The van der Waals surface area contributed by atoms with E-state index in [0.717, 1.165) is 32.1 Å². The second-order valence-corrected chi connectivity index (χ2v) is 8.03. The van der Waals surface area contributed by atoms with Crippen molar-refractivity contribution >= 4 is 17.5 Å². The van der Waals surface area contributed by atoms with Gasteiger partial charge in [-0.3, -0.25) is 4.79 Å². The van der Waals surface area contributed by atoms with Crippen molar-refractivity contribution in [2.45, 2.75) is 44.2 Å². The third-order valence-electron chi connectivity index (χ3n) is 5.73. The van der Waals surface area contributed by atoms with E-state index in [-0.39, 0.29) is 18.3 Å². The van der Waals surface area contributed by atoms with Crippen LogP contribution in [0, 0.1) is 11.7 Å². The number of carbonyl (C=O) groups excluding carboxylic acids is 1. The van der Waals surface area contributed by atoms with E-state index in [1.165, 1.54) is 17.7 Å². The Labute approximate surface area is 164 Å². The molecule has 0 radical (unpaired) electrons. The summed E-state index contributed by atoms with van der Waals surface area (Å²) >= 11 is 5.87. The Morgan fingerprint density at radius 2 is 1.67 bits per heavy atom. The number of benzene rings is 2. The van der Waals surface area contributed by atoms with Gasteiger partial charge >= 0.3 is 0 Å². The summed E-state index contributed by atoms with van der Waals surface area (Å²) in [6.45, 7) is 0.0667. The van der Waals surface area contributed by atoms with Crippen molar-refractivity contribution in [2.24, 2.45) is 5.92 Å². The van der Waals surface area contributed by atoms with Crippen LogP contribution >= 0.6 is 11.6 Å². The standard InChI is InChI=1S/C22H23ClFNO2/c23-17-3-9-21(10-4-17)27-14-22(26)25-19-7-8-20(25)13-16(12-19)11-15-1-5-18(24)6-2-15/h1-6,9-10,16,19-20H,7-8,11-14H2. The Hall–Kier alpha value is -2.07. The normalized spacial score (nSPS) is 24.1. The van der Waals surface area contributed by atoms with Gasteiger partial charge in [-0.1, -0.05) is 23.7 Å². The predicted octanol–water partition coefficient (Wildman–Crippen LogP) is 4.87. The summed E-state index contributed by atoms with van der Waals surface area (Å²) in [6.07, 6.45) is 5.12. The molecule has 0 aromatic heterocycles. The topological polar surface area (TPSA) is 29.5 Å². The number of hydrogen-bond acceptors (Lipinski definition) is 2. The molecule has 2 aromatic rings. The minimum absolute atomic E-state index is 0.0667. The summed E-state index contributed by atoms with van der Waals surface area (Å²) in [4.78, 5) is 14.8. The molecule has 2 bridgehead atoms. The highest BCUT2D eigenvalue weighted by Gasteiger charge is 2.43. The van der Waals surface area contributed by atoms with E-state index < -0.39 is 0 Å². The Morgan fingerprint density at radius 1 is 1.04 bits per heavy atom. The Kier molecular flexibility index (Phi) is 5.35. The van der Waals surface area contributed by atoms with Gasteiger partial charge in [0.25, 0.3) is 5.91 Å². The van der Waals surface area contributed by atoms with Crippen molar-refractivity contribution in [2.75, 3.05) is 6.61 Å². The van der Waals surface area contributed by atoms with Crippen molar-refractivity contribution in [3.63, 3.8) is 0 Å². The van der Waals surface area contributed by atoms with E-state index in [1.54, 1.807) is 24.3 Å². The first-order valence-corrected chi connectivity index (χ1v) is 9.90. The lowest BCUT2D eigenvalue weighted by Crippen LogP contribution is -2.48. The van der Waals surface area contributed by atoms with Gasteiger partial charge < -0.3 is 9.64 Å². The Morgan fingerprint density at radius 3 is 2.30 bits per heavy atom. The van der Waals surface area contributed by atoms with E-state index in [0.29, 0.717) is 28.8 Å². The van der Waals surface area contributed by atoms with Gasteiger partial charge in [0.15, 0.2) is 6.61 Å². The number of piperidine rings is 1. The van der Waals surface area contributed by atoms with Crippen LogP contribution < -0.4 is 4.74 Å². The maximum absolute atomic E-state index is 13.1. The molecule has 0 saturated carbocycles. The second-order valence-electron chi connectivity index (χ2n) is 7.60. The average molecular weight is 388 g/mol. The third-order valence-corrected chi connectivity index (χ3v) is 5.98. The zero-order chi connectivity index (χ0) is 18.8. The highest BCUT2D eigenvalue weighted by atomic mass is 35.5. The number of halogens is 2. The highest BCUT2D eigenvalue weighted by Crippen LogP contribution is 2.40. The summed E-state index contributed by atoms with van der Waals surface area (Å²) in [5.41, 5.74) is 1.17. The van der Waals surface area contributed by atoms with Crippen LogP contribution in [-0.4, -0.2) is 29.5 Å². The number of ether oxygens (including phenoxy) is 1. The van der Waals surface area contributed by atoms with Gasteiger partial charge in [0.05, 0.1) is 0 Å². The van der Waals surface area contributed by atoms with E-state index in [4.69, 9.17) is 16.3 Å².